The summed E-state index contributed by atoms with van der Waals surface area (Å²) in [6.45, 7) is 1.84. The van der Waals surface area contributed by atoms with Crippen LogP contribution in [0.4, 0.5) is 0 Å². The highest BCUT2D eigenvalue weighted by Crippen LogP contribution is 2.48. The first-order valence-corrected chi connectivity index (χ1v) is 9.81. The zero-order valence-electron chi connectivity index (χ0n) is 16.1. The fourth-order valence-corrected chi connectivity index (χ4v) is 4.97. The van der Waals surface area contributed by atoms with Crippen molar-refractivity contribution in [3.05, 3.63) is 44.9 Å². The monoisotopic (exact) mass is 433 g/mol. The van der Waals surface area contributed by atoms with Crippen LogP contribution in [0.2, 0.25) is 0 Å². The molecular formula is C21H24BrNO4. The number of hydrogen-bond donors (Lipinski definition) is 0. The van der Waals surface area contributed by atoms with Crippen LogP contribution in [-0.2, 0) is 19.4 Å². The van der Waals surface area contributed by atoms with E-state index in [-0.39, 0.29) is 0 Å². The number of rotatable bonds is 4. The van der Waals surface area contributed by atoms with Gasteiger partial charge in [-0.3, -0.25) is 4.90 Å². The van der Waals surface area contributed by atoms with Gasteiger partial charge >= 0.3 is 0 Å². The second kappa shape index (κ2) is 7.24. The summed E-state index contributed by atoms with van der Waals surface area (Å²) in [5, 5.41) is 0. The summed E-state index contributed by atoms with van der Waals surface area (Å²) < 4.78 is 23.3. The number of methoxy groups -OCH3 is 4. The zero-order chi connectivity index (χ0) is 19.1. The number of halogens is 1. The average molecular weight is 434 g/mol. The smallest absolute Gasteiger partial charge is 0.165 e. The molecule has 0 amide bonds. The van der Waals surface area contributed by atoms with E-state index in [2.05, 4.69) is 33.0 Å². The van der Waals surface area contributed by atoms with Crippen molar-refractivity contribution in [1.82, 2.24) is 4.90 Å². The van der Waals surface area contributed by atoms with Crippen LogP contribution in [0.5, 0.6) is 23.0 Å². The van der Waals surface area contributed by atoms with Gasteiger partial charge in [-0.15, -0.1) is 0 Å². The first-order valence-electron chi connectivity index (χ1n) is 9.02. The Morgan fingerprint density at radius 1 is 0.889 bits per heavy atom. The molecule has 27 heavy (non-hydrogen) atoms. The largest absolute Gasteiger partial charge is 0.493 e. The number of benzene rings is 2. The van der Waals surface area contributed by atoms with Crippen molar-refractivity contribution in [3.8, 4) is 23.0 Å². The Morgan fingerprint density at radius 2 is 1.59 bits per heavy atom. The van der Waals surface area contributed by atoms with Gasteiger partial charge in [0.15, 0.2) is 23.0 Å². The van der Waals surface area contributed by atoms with Crippen LogP contribution in [0, 0.1) is 0 Å². The molecule has 0 unspecified atom stereocenters. The third-order valence-corrected chi connectivity index (χ3v) is 6.41. The van der Waals surface area contributed by atoms with Gasteiger partial charge in [0.2, 0.25) is 0 Å². The van der Waals surface area contributed by atoms with Crippen LogP contribution < -0.4 is 18.9 Å². The van der Waals surface area contributed by atoms with Gasteiger partial charge in [0, 0.05) is 29.2 Å². The van der Waals surface area contributed by atoms with E-state index in [0.717, 1.165) is 53.4 Å². The lowest BCUT2D eigenvalue weighted by atomic mass is 9.83. The fraction of sp³-hybridized carbons (Fsp3) is 0.429. The molecule has 1 atom stereocenters. The number of fused-ring (bicyclic) bond motifs is 4. The average Bonchev–Trinajstić information content (AvgIpc) is 2.71. The Bertz CT molecular complexity index is 883. The molecule has 0 saturated carbocycles. The maximum Gasteiger partial charge on any atom is 0.165 e. The summed E-state index contributed by atoms with van der Waals surface area (Å²) in [6, 6.07) is 6.59. The summed E-state index contributed by atoms with van der Waals surface area (Å²) in [5.74, 6) is 3.20. The van der Waals surface area contributed by atoms with Crippen molar-refractivity contribution >= 4 is 15.9 Å². The molecule has 4 rings (SSSR count). The molecule has 0 saturated heterocycles. The number of hydrogen-bond acceptors (Lipinski definition) is 5. The Balaban J connectivity index is 1.80. The molecule has 2 heterocycles. The lowest BCUT2D eigenvalue weighted by Crippen LogP contribution is -2.39. The molecule has 2 aromatic carbocycles. The van der Waals surface area contributed by atoms with Crippen molar-refractivity contribution in [2.75, 3.05) is 35.0 Å². The standard InChI is InChI=1S/C21H24BrNO4/c1-24-18-7-12-5-6-23-11-15-14(8-17(23)13(12)9-19(18)25-2)16(22)10-20(26-3)21(15)27-4/h7,9-10,17H,5-6,8,11H2,1-4H3/t17-/m1/s1. The van der Waals surface area contributed by atoms with Crippen LogP contribution in [0.3, 0.4) is 0 Å². The summed E-state index contributed by atoms with van der Waals surface area (Å²) in [5.41, 5.74) is 5.17. The van der Waals surface area contributed by atoms with Crippen LogP contribution in [0.15, 0.2) is 22.7 Å². The van der Waals surface area contributed by atoms with Gasteiger partial charge < -0.3 is 18.9 Å². The highest BCUT2D eigenvalue weighted by Gasteiger charge is 2.36. The second-order valence-corrected chi connectivity index (χ2v) is 7.75. The van der Waals surface area contributed by atoms with E-state index in [1.165, 1.54) is 22.3 Å². The van der Waals surface area contributed by atoms with Gasteiger partial charge in [-0.2, -0.15) is 0 Å². The molecule has 5 nitrogen and oxygen atoms in total. The van der Waals surface area contributed by atoms with E-state index in [1.807, 2.05) is 6.07 Å². The lowest BCUT2D eigenvalue weighted by molar-refractivity contribution is 0.157. The van der Waals surface area contributed by atoms with Crippen molar-refractivity contribution in [2.24, 2.45) is 0 Å². The van der Waals surface area contributed by atoms with Crippen molar-refractivity contribution in [3.63, 3.8) is 0 Å². The summed E-state index contributed by atoms with van der Waals surface area (Å²) in [4.78, 5) is 2.52. The minimum atomic E-state index is 0.315. The van der Waals surface area contributed by atoms with E-state index >= 15 is 0 Å². The minimum absolute atomic E-state index is 0.315. The van der Waals surface area contributed by atoms with Gasteiger partial charge in [0.05, 0.1) is 28.4 Å². The van der Waals surface area contributed by atoms with Crippen LogP contribution in [-0.4, -0.2) is 39.9 Å². The normalized spacial score (nSPS) is 18.2. The topological polar surface area (TPSA) is 40.2 Å². The van der Waals surface area contributed by atoms with Gasteiger partial charge in [0.1, 0.15) is 0 Å². The van der Waals surface area contributed by atoms with Gasteiger partial charge in [-0.25, -0.2) is 0 Å². The van der Waals surface area contributed by atoms with Crippen molar-refractivity contribution in [1.29, 1.82) is 0 Å². The zero-order valence-corrected chi connectivity index (χ0v) is 17.7. The Morgan fingerprint density at radius 3 is 2.26 bits per heavy atom. The molecule has 0 aliphatic carbocycles. The van der Waals surface area contributed by atoms with E-state index < -0.39 is 0 Å². The van der Waals surface area contributed by atoms with E-state index in [4.69, 9.17) is 18.9 Å². The summed E-state index contributed by atoms with van der Waals surface area (Å²) in [7, 11) is 6.77. The predicted molar refractivity (Wildman–Crippen MR) is 107 cm³/mol. The second-order valence-electron chi connectivity index (χ2n) is 6.90. The maximum atomic E-state index is 5.70. The molecule has 2 aliphatic heterocycles. The summed E-state index contributed by atoms with van der Waals surface area (Å²) in [6.07, 6.45) is 1.91. The van der Waals surface area contributed by atoms with Crippen molar-refractivity contribution in [2.45, 2.75) is 25.4 Å². The first-order chi connectivity index (χ1) is 13.1. The highest BCUT2D eigenvalue weighted by molar-refractivity contribution is 9.10. The number of ether oxygens (including phenoxy) is 4. The molecule has 0 N–H and O–H groups in total. The van der Waals surface area contributed by atoms with Gasteiger partial charge in [-0.05, 0) is 47.7 Å². The fourth-order valence-electron chi connectivity index (χ4n) is 4.37. The molecule has 144 valence electrons. The molecule has 2 aromatic rings. The molecule has 2 aliphatic rings. The minimum Gasteiger partial charge on any atom is -0.493 e. The predicted octanol–water partition coefficient (Wildman–Crippen LogP) is 4.14. The van der Waals surface area contributed by atoms with E-state index in [0.29, 0.717) is 6.04 Å². The van der Waals surface area contributed by atoms with E-state index in [9.17, 15) is 0 Å². The molecule has 0 radical (unpaired) electrons. The molecule has 0 bridgehead atoms. The molecule has 6 heteroatoms. The first kappa shape index (κ1) is 18.4. The maximum absolute atomic E-state index is 5.70. The lowest BCUT2D eigenvalue weighted by Gasteiger charge is -2.42. The van der Waals surface area contributed by atoms with Gasteiger partial charge in [-0.1, -0.05) is 15.9 Å². The third kappa shape index (κ3) is 2.95. The van der Waals surface area contributed by atoms with Crippen molar-refractivity contribution < 1.29 is 18.9 Å². The van der Waals surface area contributed by atoms with E-state index in [1.54, 1.807) is 28.4 Å². The Hall–Kier alpha value is -1.92. The molecule has 0 fully saturated rings. The Labute approximate surface area is 168 Å². The van der Waals surface area contributed by atoms with Crippen LogP contribution in [0.1, 0.15) is 28.3 Å². The highest BCUT2D eigenvalue weighted by atomic mass is 79.9. The molecule has 0 spiro atoms. The number of nitrogens with zero attached hydrogens (tertiary/aromatic N) is 1. The SMILES string of the molecule is COc1cc2c(cc1OC)[C@H]1Cc3c(Br)cc(OC)c(OC)c3CN1CC2. The Kier molecular flexibility index (Phi) is 4.95. The molecular weight excluding hydrogens is 410 g/mol. The third-order valence-electron chi connectivity index (χ3n) is 5.70. The van der Waals surface area contributed by atoms with Gasteiger partial charge in [0.25, 0.3) is 0 Å². The van der Waals surface area contributed by atoms with Crippen LogP contribution in [0.25, 0.3) is 0 Å². The summed E-state index contributed by atoms with van der Waals surface area (Å²) >= 11 is 3.75. The molecule has 0 aromatic heterocycles. The quantitative estimate of drug-likeness (QED) is 0.724. The van der Waals surface area contributed by atoms with Crippen LogP contribution >= 0.6 is 15.9 Å².